The fraction of sp³-hybridized carbons (Fsp3) is 0.240. The number of hydrogen-bond acceptors (Lipinski definition) is 6. The number of fused-ring (bicyclic) bond motifs is 1. The third-order valence-corrected chi connectivity index (χ3v) is 5.43. The first-order valence-electron chi connectivity index (χ1n) is 10.5. The van der Waals surface area contributed by atoms with E-state index in [0.717, 1.165) is 16.7 Å². The van der Waals surface area contributed by atoms with Gasteiger partial charge in [-0.3, -0.25) is 4.79 Å². The Morgan fingerprint density at radius 1 is 0.969 bits per heavy atom. The molecule has 0 unspecified atom stereocenters. The molecule has 0 aliphatic carbocycles. The van der Waals surface area contributed by atoms with Crippen LogP contribution in [0.15, 0.2) is 77.7 Å². The standard InChI is InChI=1S/C25H27N5O2/c1-17(27-24-20-9-5-6-10-21(20)25(31)30(4)28-24)23(29(2)3)18-12-14-19(15-13-18)32-22-11-7-8-16-26-22/h5-17,23H,1-4H3,(H,27,28)/t17-,23+/m0/s1. The molecule has 4 aromatic rings. The number of hydrogen-bond donors (Lipinski definition) is 1. The van der Waals surface area contributed by atoms with Crippen molar-refractivity contribution in [1.29, 1.82) is 0 Å². The van der Waals surface area contributed by atoms with Crippen molar-refractivity contribution in [3.8, 4) is 11.6 Å². The maximum absolute atomic E-state index is 12.4. The monoisotopic (exact) mass is 429 g/mol. The van der Waals surface area contributed by atoms with Crippen molar-refractivity contribution in [3.63, 3.8) is 0 Å². The molecule has 2 atom stereocenters. The normalized spacial score (nSPS) is 13.2. The number of aromatic nitrogens is 3. The van der Waals surface area contributed by atoms with Crippen molar-refractivity contribution in [2.24, 2.45) is 7.05 Å². The number of rotatable bonds is 7. The summed E-state index contributed by atoms with van der Waals surface area (Å²) in [6.07, 6.45) is 1.70. The van der Waals surface area contributed by atoms with Crippen molar-refractivity contribution < 1.29 is 4.74 Å². The summed E-state index contributed by atoms with van der Waals surface area (Å²) >= 11 is 0. The molecule has 32 heavy (non-hydrogen) atoms. The largest absolute Gasteiger partial charge is 0.439 e. The number of nitrogens with zero attached hydrogens (tertiary/aromatic N) is 4. The third-order valence-electron chi connectivity index (χ3n) is 5.43. The molecule has 164 valence electrons. The third kappa shape index (κ3) is 4.48. The van der Waals surface area contributed by atoms with Crippen molar-refractivity contribution in [2.75, 3.05) is 19.4 Å². The number of pyridine rings is 1. The van der Waals surface area contributed by atoms with Crippen LogP contribution in [-0.4, -0.2) is 39.8 Å². The maximum Gasteiger partial charge on any atom is 0.274 e. The van der Waals surface area contributed by atoms with E-state index in [1.807, 2.05) is 68.7 Å². The van der Waals surface area contributed by atoms with Gasteiger partial charge in [-0.15, -0.1) is 0 Å². The van der Waals surface area contributed by atoms with Crippen LogP contribution in [0.25, 0.3) is 10.8 Å². The molecule has 4 rings (SSSR count). The Balaban J connectivity index is 1.59. The molecule has 0 aliphatic rings. The highest BCUT2D eigenvalue weighted by atomic mass is 16.5. The van der Waals surface area contributed by atoms with E-state index in [0.29, 0.717) is 17.1 Å². The fourth-order valence-corrected chi connectivity index (χ4v) is 4.00. The zero-order valence-corrected chi connectivity index (χ0v) is 18.7. The second-order valence-corrected chi connectivity index (χ2v) is 8.00. The predicted octanol–water partition coefficient (Wildman–Crippen LogP) is 4.22. The van der Waals surface area contributed by atoms with Crippen LogP contribution in [-0.2, 0) is 7.05 Å². The molecule has 0 fully saturated rings. The Morgan fingerprint density at radius 3 is 2.31 bits per heavy atom. The Hall–Kier alpha value is -3.71. The van der Waals surface area contributed by atoms with E-state index in [9.17, 15) is 4.79 Å². The molecule has 0 saturated carbocycles. The Kier molecular flexibility index (Phi) is 6.18. The lowest BCUT2D eigenvalue weighted by molar-refractivity contribution is 0.275. The molecule has 0 spiro atoms. The zero-order valence-electron chi connectivity index (χ0n) is 18.7. The van der Waals surface area contributed by atoms with Crippen molar-refractivity contribution in [3.05, 3.63) is 88.8 Å². The van der Waals surface area contributed by atoms with E-state index in [1.165, 1.54) is 4.68 Å². The molecular formula is C25H27N5O2. The molecule has 0 amide bonds. The molecule has 2 aromatic carbocycles. The van der Waals surface area contributed by atoms with Gasteiger partial charge in [0, 0.05) is 30.7 Å². The van der Waals surface area contributed by atoms with Gasteiger partial charge in [0.1, 0.15) is 5.75 Å². The van der Waals surface area contributed by atoms with Gasteiger partial charge in [0.05, 0.1) is 11.4 Å². The van der Waals surface area contributed by atoms with E-state index >= 15 is 0 Å². The van der Waals surface area contributed by atoms with Gasteiger partial charge >= 0.3 is 0 Å². The van der Waals surface area contributed by atoms with Crippen LogP contribution in [0.3, 0.4) is 0 Å². The summed E-state index contributed by atoms with van der Waals surface area (Å²) in [5.41, 5.74) is 1.03. The highest BCUT2D eigenvalue weighted by Gasteiger charge is 2.23. The summed E-state index contributed by atoms with van der Waals surface area (Å²) in [4.78, 5) is 18.8. The topological polar surface area (TPSA) is 72.3 Å². The van der Waals surface area contributed by atoms with E-state index in [4.69, 9.17) is 4.74 Å². The average Bonchev–Trinajstić information content (AvgIpc) is 2.79. The minimum atomic E-state index is -0.105. The predicted molar refractivity (Wildman–Crippen MR) is 127 cm³/mol. The molecule has 0 aliphatic heterocycles. The smallest absolute Gasteiger partial charge is 0.274 e. The lowest BCUT2D eigenvalue weighted by Crippen LogP contribution is -2.35. The number of anilines is 1. The lowest BCUT2D eigenvalue weighted by Gasteiger charge is -2.31. The number of likely N-dealkylation sites (N-methyl/N-ethyl adjacent to an activating group) is 1. The highest BCUT2D eigenvalue weighted by Crippen LogP contribution is 2.28. The fourth-order valence-electron chi connectivity index (χ4n) is 4.00. The number of ether oxygens (including phenoxy) is 1. The minimum Gasteiger partial charge on any atom is -0.439 e. The summed E-state index contributed by atoms with van der Waals surface area (Å²) in [5.74, 6) is 1.99. The average molecular weight is 430 g/mol. The molecule has 2 aromatic heterocycles. The maximum atomic E-state index is 12.4. The van der Waals surface area contributed by atoms with Crippen molar-refractivity contribution in [1.82, 2.24) is 19.7 Å². The van der Waals surface area contributed by atoms with Crippen LogP contribution in [0.4, 0.5) is 5.82 Å². The zero-order chi connectivity index (χ0) is 22.7. The van der Waals surface area contributed by atoms with Crippen LogP contribution >= 0.6 is 0 Å². The van der Waals surface area contributed by atoms with E-state index in [-0.39, 0.29) is 17.6 Å². The van der Waals surface area contributed by atoms with Gasteiger partial charge in [-0.05, 0) is 50.8 Å². The molecule has 7 heteroatoms. The summed E-state index contributed by atoms with van der Waals surface area (Å²) in [6.45, 7) is 2.12. The second-order valence-electron chi connectivity index (χ2n) is 8.00. The lowest BCUT2D eigenvalue weighted by atomic mass is 9.99. The van der Waals surface area contributed by atoms with Crippen molar-refractivity contribution >= 4 is 16.6 Å². The van der Waals surface area contributed by atoms with Gasteiger partial charge in [-0.2, -0.15) is 5.10 Å². The van der Waals surface area contributed by atoms with Crippen LogP contribution in [0.5, 0.6) is 11.6 Å². The van der Waals surface area contributed by atoms with Gasteiger partial charge < -0.3 is 15.0 Å². The van der Waals surface area contributed by atoms with Crippen LogP contribution in [0.1, 0.15) is 18.5 Å². The number of aryl methyl sites for hydroxylation is 1. The first-order valence-corrected chi connectivity index (χ1v) is 10.5. The van der Waals surface area contributed by atoms with E-state index < -0.39 is 0 Å². The van der Waals surface area contributed by atoms with Gasteiger partial charge in [-0.25, -0.2) is 9.67 Å². The molecule has 0 bridgehead atoms. The minimum absolute atomic E-state index is 0.0148. The first-order chi connectivity index (χ1) is 15.4. The van der Waals surface area contributed by atoms with E-state index in [1.54, 1.807) is 13.2 Å². The molecule has 7 nitrogen and oxygen atoms in total. The van der Waals surface area contributed by atoms with Gasteiger partial charge in [0.2, 0.25) is 5.88 Å². The second kappa shape index (κ2) is 9.20. The molecule has 2 heterocycles. The van der Waals surface area contributed by atoms with Crippen LogP contribution in [0, 0.1) is 0 Å². The summed E-state index contributed by atoms with van der Waals surface area (Å²) < 4.78 is 7.20. The van der Waals surface area contributed by atoms with Gasteiger partial charge in [0.15, 0.2) is 5.82 Å². The van der Waals surface area contributed by atoms with Crippen molar-refractivity contribution in [2.45, 2.75) is 19.0 Å². The van der Waals surface area contributed by atoms with E-state index in [2.05, 4.69) is 39.4 Å². The van der Waals surface area contributed by atoms with Crippen LogP contribution in [0.2, 0.25) is 0 Å². The van der Waals surface area contributed by atoms with Crippen LogP contribution < -0.4 is 15.6 Å². The Labute approximate surface area is 187 Å². The summed E-state index contributed by atoms with van der Waals surface area (Å²) in [5, 5.41) is 9.49. The molecule has 0 radical (unpaired) electrons. The Bertz CT molecular complexity index is 1250. The SMILES string of the molecule is C[C@H](Nc1nn(C)c(=O)c2ccccc12)[C@H](c1ccc(Oc2ccccn2)cc1)N(C)C. The summed E-state index contributed by atoms with van der Waals surface area (Å²) in [7, 11) is 5.77. The molecular weight excluding hydrogens is 402 g/mol. The Morgan fingerprint density at radius 2 is 1.66 bits per heavy atom. The quantitative estimate of drug-likeness (QED) is 0.474. The first kappa shape index (κ1) is 21.5. The number of benzene rings is 2. The number of nitrogens with one attached hydrogen (secondary N) is 1. The molecule has 0 saturated heterocycles. The van der Waals surface area contributed by atoms with Gasteiger partial charge in [-0.1, -0.05) is 36.4 Å². The van der Waals surface area contributed by atoms with Gasteiger partial charge in [0.25, 0.3) is 5.56 Å². The highest BCUT2D eigenvalue weighted by molar-refractivity contribution is 5.91. The molecule has 1 N–H and O–H groups in total. The summed E-state index contributed by atoms with van der Waals surface area (Å²) in [6, 6.07) is 21.2.